The van der Waals surface area contributed by atoms with E-state index in [4.69, 9.17) is 4.74 Å². The molecule has 0 aliphatic carbocycles. The molecule has 1 N–H and O–H groups in total. The molecule has 3 saturated heterocycles. The highest BCUT2D eigenvalue weighted by atomic mass is 127. The maximum atomic E-state index is 5.47. The average Bonchev–Trinajstić information content (AvgIpc) is 3.07. The summed E-state index contributed by atoms with van der Waals surface area (Å²) in [6.07, 6.45) is 3.96. The van der Waals surface area contributed by atoms with Crippen molar-refractivity contribution in [1.29, 1.82) is 0 Å². The van der Waals surface area contributed by atoms with Gasteiger partial charge in [0.2, 0.25) is 0 Å². The first-order chi connectivity index (χ1) is 10.9. The van der Waals surface area contributed by atoms with Crippen LogP contribution in [0, 0.1) is 5.92 Å². The van der Waals surface area contributed by atoms with Crippen molar-refractivity contribution in [2.24, 2.45) is 10.9 Å². The van der Waals surface area contributed by atoms with Crippen LogP contribution in [0.15, 0.2) is 4.99 Å². The molecule has 3 aliphatic rings. The molecule has 1 atom stereocenters. The molecule has 0 radical (unpaired) electrons. The first-order valence-electron chi connectivity index (χ1n) is 8.72. The van der Waals surface area contributed by atoms with Crippen LogP contribution in [0.25, 0.3) is 0 Å². The SMILES string of the molecule is CN=C(NCC1CCSCC1)N1CCC(N2CCOCC2)C1.I. The highest BCUT2D eigenvalue weighted by Crippen LogP contribution is 2.22. The first-order valence-corrected chi connectivity index (χ1v) is 9.87. The molecule has 134 valence electrons. The Morgan fingerprint density at radius 1 is 1.17 bits per heavy atom. The van der Waals surface area contributed by atoms with Crippen molar-refractivity contribution in [3.8, 4) is 0 Å². The average molecular weight is 454 g/mol. The van der Waals surface area contributed by atoms with Crippen LogP contribution in [0.5, 0.6) is 0 Å². The molecule has 5 nitrogen and oxygen atoms in total. The van der Waals surface area contributed by atoms with E-state index in [0.717, 1.165) is 57.8 Å². The zero-order valence-electron chi connectivity index (χ0n) is 14.2. The van der Waals surface area contributed by atoms with Crippen LogP contribution in [-0.4, -0.2) is 86.3 Å². The molecule has 7 heteroatoms. The predicted octanol–water partition coefficient (Wildman–Crippen LogP) is 1.73. The van der Waals surface area contributed by atoms with Crippen molar-refractivity contribution in [2.75, 3.05) is 64.5 Å². The van der Waals surface area contributed by atoms with E-state index in [-0.39, 0.29) is 24.0 Å². The van der Waals surface area contributed by atoms with Crippen molar-refractivity contribution in [3.63, 3.8) is 0 Å². The van der Waals surface area contributed by atoms with Gasteiger partial charge in [-0.2, -0.15) is 11.8 Å². The molecule has 1 unspecified atom stereocenters. The summed E-state index contributed by atoms with van der Waals surface area (Å²) in [7, 11) is 1.92. The second-order valence-corrected chi connectivity index (χ2v) is 7.75. The van der Waals surface area contributed by atoms with Gasteiger partial charge in [-0.15, -0.1) is 24.0 Å². The molecule has 0 saturated carbocycles. The Hall–Kier alpha value is 0.270. The molecule has 0 aromatic carbocycles. The van der Waals surface area contributed by atoms with Crippen LogP contribution >= 0.6 is 35.7 Å². The highest BCUT2D eigenvalue weighted by Gasteiger charge is 2.30. The summed E-state index contributed by atoms with van der Waals surface area (Å²) in [4.78, 5) is 9.55. The van der Waals surface area contributed by atoms with E-state index in [1.165, 1.54) is 30.8 Å². The summed E-state index contributed by atoms with van der Waals surface area (Å²) in [5, 5.41) is 3.63. The normalized spacial score (nSPS) is 27.8. The number of ether oxygens (including phenoxy) is 1. The largest absolute Gasteiger partial charge is 0.379 e. The Bertz CT molecular complexity index is 373. The molecular formula is C16H31IN4OS. The predicted molar refractivity (Wildman–Crippen MR) is 109 cm³/mol. The molecule has 0 amide bonds. The standard InChI is InChI=1S/C16H30N4OS.HI/c1-17-16(18-12-14-3-10-22-11-4-14)20-5-2-15(13-20)19-6-8-21-9-7-19;/h14-15H,2-13H2,1H3,(H,17,18);1H. The lowest BCUT2D eigenvalue weighted by Crippen LogP contribution is -2.47. The van der Waals surface area contributed by atoms with Gasteiger partial charge in [-0.3, -0.25) is 9.89 Å². The number of aliphatic imine (C=N–C) groups is 1. The third kappa shape index (κ3) is 5.64. The topological polar surface area (TPSA) is 40.1 Å². The Morgan fingerprint density at radius 2 is 1.91 bits per heavy atom. The Kier molecular flexibility index (Phi) is 8.78. The van der Waals surface area contributed by atoms with Gasteiger partial charge in [0, 0.05) is 45.8 Å². The minimum atomic E-state index is 0. The number of hydrogen-bond acceptors (Lipinski definition) is 4. The summed E-state index contributed by atoms with van der Waals surface area (Å²) in [6.45, 7) is 7.29. The van der Waals surface area contributed by atoms with Crippen LogP contribution in [0.1, 0.15) is 19.3 Å². The van der Waals surface area contributed by atoms with Gasteiger partial charge in [0.15, 0.2) is 5.96 Å². The van der Waals surface area contributed by atoms with Crippen molar-refractivity contribution < 1.29 is 4.74 Å². The Labute approximate surface area is 162 Å². The molecule has 3 fully saturated rings. The van der Waals surface area contributed by atoms with E-state index >= 15 is 0 Å². The molecule has 0 aromatic rings. The molecule has 0 bridgehead atoms. The number of nitrogens with zero attached hydrogens (tertiary/aromatic N) is 3. The fourth-order valence-corrected chi connectivity index (χ4v) is 4.90. The lowest BCUT2D eigenvalue weighted by molar-refractivity contribution is 0.0195. The fourth-order valence-electron chi connectivity index (χ4n) is 3.69. The number of nitrogens with one attached hydrogen (secondary N) is 1. The zero-order valence-corrected chi connectivity index (χ0v) is 17.4. The maximum absolute atomic E-state index is 5.47. The summed E-state index contributed by atoms with van der Waals surface area (Å²) < 4.78 is 5.47. The van der Waals surface area contributed by atoms with Gasteiger partial charge in [-0.05, 0) is 36.7 Å². The third-order valence-electron chi connectivity index (χ3n) is 5.13. The van der Waals surface area contributed by atoms with Gasteiger partial charge in [-0.25, -0.2) is 0 Å². The van der Waals surface area contributed by atoms with Crippen LogP contribution in [0.2, 0.25) is 0 Å². The molecule has 3 rings (SSSR count). The summed E-state index contributed by atoms with van der Waals surface area (Å²) >= 11 is 2.10. The quantitative estimate of drug-likeness (QED) is 0.400. The molecule has 3 heterocycles. The fraction of sp³-hybridized carbons (Fsp3) is 0.938. The smallest absolute Gasteiger partial charge is 0.193 e. The number of hydrogen-bond donors (Lipinski definition) is 1. The Balaban J connectivity index is 0.00000192. The van der Waals surface area contributed by atoms with Gasteiger partial charge in [0.1, 0.15) is 0 Å². The number of halogens is 1. The van der Waals surface area contributed by atoms with Crippen LogP contribution < -0.4 is 5.32 Å². The third-order valence-corrected chi connectivity index (χ3v) is 6.18. The van der Waals surface area contributed by atoms with Crippen LogP contribution in [-0.2, 0) is 4.74 Å². The zero-order chi connectivity index (χ0) is 15.2. The number of thioether (sulfide) groups is 1. The van der Waals surface area contributed by atoms with E-state index in [2.05, 4.69) is 31.9 Å². The second kappa shape index (κ2) is 10.3. The summed E-state index contributed by atoms with van der Waals surface area (Å²) in [6, 6.07) is 0.675. The molecule has 23 heavy (non-hydrogen) atoms. The maximum Gasteiger partial charge on any atom is 0.193 e. The second-order valence-electron chi connectivity index (χ2n) is 6.52. The van der Waals surface area contributed by atoms with Crippen LogP contribution in [0.3, 0.4) is 0 Å². The van der Waals surface area contributed by atoms with Crippen molar-refractivity contribution in [3.05, 3.63) is 0 Å². The molecule has 3 aliphatic heterocycles. The molecular weight excluding hydrogens is 423 g/mol. The lowest BCUT2D eigenvalue weighted by Gasteiger charge is -2.32. The van der Waals surface area contributed by atoms with Gasteiger partial charge in [0.25, 0.3) is 0 Å². The number of guanidine groups is 1. The number of likely N-dealkylation sites (tertiary alicyclic amines) is 1. The van der Waals surface area contributed by atoms with Crippen LogP contribution in [0.4, 0.5) is 0 Å². The summed E-state index contributed by atoms with van der Waals surface area (Å²) in [5.74, 6) is 4.59. The minimum absolute atomic E-state index is 0. The van der Waals surface area contributed by atoms with E-state index in [0.29, 0.717) is 6.04 Å². The monoisotopic (exact) mass is 454 g/mol. The van der Waals surface area contributed by atoms with E-state index in [9.17, 15) is 0 Å². The Morgan fingerprint density at radius 3 is 2.61 bits per heavy atom. The summed E-state index contributed by atoms with van der Waals surface area (Å²) in [5.41, 5.74) is 0. The van der Waals surface area contributed by atoms with E-state index in [1.807, 2.05) is 7.05 Å². The van der Waals surface area contributed by atoms with Crippen molar-refractivity contribution in [1.82, 2.24) is 15.1 Å². The minimum Gasteiger partial charge on any atom is -0.379 e. The van der Waals surface area contributed by atoms with Gasteiger partial charge >= 0.3 is 0 Å². The van der Waals surface area contributed by atoms with E-state index < -0.39 is 0 Å². The molecule has 0 spiro atoms. The van der Waals surface area contributed by atoms with Gasteiger partial charge < -0.3 is 15.0 Å². The van der Waals surface area contributed by atoms with Crippen molar-refractivity contribution in [2.45, 2.75) is 25.3 Å². The number of rotatable bonds is 3. The van der Waals surface area contributed by atoms with Gasteiger partial charge in [-0.1, -0.05) is 0 Å². The lowest BCUT2D eigenvalue weighted by atomic mass is 10.0. The van der Waals surface area contributed by atoms with Gasteiger partial charge in [0.05, 0.1) is 13.2 Å². The first kappa shape index (κ1) is 19.6. The molecule has 0 aromatic heterocycles. The van der Waals surface area contributed by atoms with Crippen molar-refractivity contribution >= 4 is 41.7 Å². The number of morpholine rings is 1. The van der Waals surface area contributed by atoms with E-state index in [1.54, 1.807) is 0 Å². The highest BCUT2D eigenvalue weighted by molar-refractivity contribution is 14.0.